The molecule has 2 aromatic rings. The van der Waals surface area contributed by atoms with Gasteiger partial charge in [0.25, 0.3) is 0 Å². The standard InChI is InChI=1S/C37H51N5O6/c1-10-46-32(43)26-13-17-28(18-14-26)39-30(41-35(4,5)6)21-23-37(25-38,34(45)48-12-3)24-22-31(42-36(7,8)9)40-29-19-15-27(16-20-29)33(44)47-11-2/h13-20H,10-12,21-24H2,1-9H3,(H,39,41)(H,40,42). The molecule has 0 amide bonds. The molecule has 260 valence electrons. The van der Waals surface area contributed by atoms with E-state index in [4.69, 9.17) is 24.2 Å². The summed E-state index contributed by atoms with van der Waals surface area (Å²) in [7, 11) is 0. The van der Waals surface area contributed by atoms with Crippen molar-refractivity contribution in [1.82, 2.24) is 0 Å². The van der Waals surface area contributed by atoms with Gasteiger partial charge in [-0.15, -0.1) is 0 Å². The molecule has 0 aliphatic carbocycles. The first-order chi connectivity index (χ1) is 22.5. The van der Waals surface area contributed by atoms with Crippen LogP contribution in [0.4, 0.5) is 11.4 Å². The Morgan fingerprint density at radius 3 is 1.29 bits per heavy atom. The summed E-state index contributed by atoms with van der Waals surface area (Å²) in [5.41, 5.74) is -0.141. The molecule has 48 heavy (non-hydrogen) atoms. The summed E-state index contributed by atoms with van der Waals surface area (Å²) >= 11 is 0. The predicted molar refractivity (Wildman–Crippen MR) is 190 cm³/mol. The zero-order valence-electron chi connectivity index (χ0n) is 29.9. The number of carbonyl (C=O) groups is 3. The van der Waals surface area contributed by atoms with Crippen LogP contribution < -0.4 is 10.6 Å². The van der Waals surface area contributed by atoms with Crippen molar-refractivity contribution in [2.24, 2.45) is 15.4 Å². The molecule has 0 spiro atoms. The van der Waals surface area contributed by atoms with E-state index in [9.17, 15) is 19.6 Å². The number of rotatable bonds is 14. The molecular formula is C37H51N5O6. The lowest BCUT2D eigenvalue weighted by Crippen LogP contribution is -2.35. The molecule has 0 unspecified atom stereocenters. The number of aliphatic imine (C=N–C) groups is 2. The highest BCUT2D eigenvalue weighted by Crippen LogP contribution is 2.33. The van der Waals surface area contributed by atoms with Gasteiger partial charge in [0.2, 0.25) is 0 Å². The second-order valence-electron chi connectivity index (χ2n) is 13.2. The fourth-order valence-electron chi connectivity index (χ4n) is 4.66. The smallest absolute Gasteiger partial charge is 0.338 e. The van der Waals surface area contributed by atoms with Crippen molar-refractivity contribution in [2.75, 3.05) is 30.5 Å². The Hall–Kier alpha value is -4.72. The summed E-state index contributed by atoms with van der Waals surface area (Å²) in [6.07, 6.45) is 0.833. The predicted octanol–water partition coefficient (Wildman–Crippen LogP) is 7.59. The summed E-state index contributed by atoms with van der Waals surface area (Å²) in [6, 6.07) is 16.0. The van der Waals surface area contributed by atoms with Crippen LogP contribution in [-0.2, 0) is 19.0 Å². The highest BCUT2D eigenvalue weighted by molar-refractivity contribution is 5.98. The second-order valence-corrected chi connectivity index (χ2v) is 13.2. The largest absolute Gasteiger partial charge is 0.465 e. The molecule has 0 atom stereocenters. The number of nitriles is 1. The van der Waals surface area contributed by atoms with Crippen LogP contribution in [0.5, 0.6) is 0 Å². The number of ether oxygens (including phenoxy) is 3. The number of hydrogen-bond donors (Lipinski definition) is 2. The van der Waals surface area contributed by atoms with Crippen molar-refractivity contribution < 1.29 is 28.6 Å². The fraction of sp³-hybridized carbons (Fsp3) is 0.514. The number of nitrogens with zero attached hydrogens (tertiary/aromatic N) is 3. The summed E-state index contributed by atoms with van der Waals surface area (Å²) < 4.78 is 15.6. The quantitative estimate of drug-likeness (QED) is 0.0903. The van der Waals surface area contributed by atoms with Crippen molar-refractivity contribution >= 4 is 41.0 Å². The van der Waals surface area contributed by atoms with E-state index in [1.165, 1.54) is 0 Å². The first-order valence-corrected chi connectivity index (χ1v) is 16.4. The molecule has 2 rings (SSSR count). The molecule has 0 bridgehead atoms. The maximum absolute atomic E-state index is 13.5. The second kappa shape index (κ2) is 18.0. The Bertz CT molecular complexity index is 1380. The fourth-order valence-corrected chi connectivity index (χ4v) is 4.66. The summed E-state index contributed by atoms with van der Waals surface area (Å²) in [5.74, 6) is -0.246. The van der Waals surface area contributed by atoms with E-state index in [1.807, 2.05) is 41.5 Å². The number of esters is 3. The SMILES string of the molecule is CCOC(=O)c1ccc(NC(CCC(C#N)(CCC(=NC(C)(C)C)Nc2ccc(C(=O)OCC)cc2)C(=O)OCC)=NC(C)(C)C)cc1. The first-order valence-electron chi connectivity index (χ1n) is 16.4. The van der Waals surface area contributed by atoms with Crippen molar-refractivity contribution in [3.05, 3.63) is 59.7 Å². The molecule has 0 heterocycles. The van der Waals surface area contributed by atoms with Gasteiger partial charge < -0.3 is 24.8 Å². The molecule has 0 aliphatic rings. The van der Waals surface area contributed by atoms with Gasteiger partial charge in [0.05, 0.1) is 48.1 Å². The average Bonchev–Trinajstić information content (AvgIpc) is 3.00. The lowest BCUT2D eigenvalue weighted by atomic mass is 9.79. The van der Waals surface area contributed by atoms with Gasteiger partial charge in [-0.1, -0.05) is 0 Å². The van der Waals surface area contributed by atoms with Gasteiger partial charge in [-0.3, -0.25) is 14.8 Å². The molecule has 0 aromatic heterocycles. The van der Waals surface area contributed by atoms with E-state index >= 15 is 0 Å². The molecule has 0 saturated heterocycles. The normalized spacial score (nSPS) is 13.5. The van der Waals surface area contributed by atoms with Crippen LogP contribution in [-0.4, -0.2) is 60.5 Å². The minimum atomic E-state index is -1.49. The topological polar surface area (TPSA) is 151 Å². The minimum absolute atomic E-state index is 0.129. The number of carbonyl (C=O) groups excluding carboxylic acids is 3. The average molecular weight is 662 g/mol. The molecule has 11 heteroatoms. The van der Waals surface area contributed by atoms with Crippen molar-refractivity contribution in [3.63, 3.8) is 0 Å². The third kappa shape index (κ3) is 13.2. The van der Waals surface area contributed by atoms with Gasteiger partial charge in [-0.25, -0.2) is 9.59 Å². The Morgan fingerprint density at radius 2 is 1.00 bits per heavy atom. The molecule has 0 aliphatic heterocycles. The Labute approximate surface area is 285 Å². The molecule has 0 fully saturated rings. The van der Waals surface area contributed by atoms with Gasteiger partial charge in [-0.2, -0.15) is 5.26 Å². The number of hydrogen-bond acceptors (Lipinski definition) is 9. The maximum Gasteiger partial charge on any atom is 0.338 e. The monoisotopic (exact) mass is 661 g/mol. The van der Waals surface area contributed by atoms with Crippen LogP contribution in [0.15, 0.2) is 58.5 Å². The zero-order valence-corrected chi connectivity index (χ0v) is 29.9. The van der Waals surface area contributed by atoms with Crippen molar-refractivity contribution in [2.45, 2.75) is 99.1 Å². The van der Waals surface area contributed by atoms with Gasteiger partial charge >= 0.3 is 17.9 Å². The van der Waals surface area contributed by atoms with Crippen LogP contribution in [0.1, 0.15) is 109 Å². The van der Waals surface area contributed by atoms with Crippen LogP contribution >= 0.6 is 0 Å². The number of amidine groups is 2. The Balaban J connectivity index is 2.35. The summed E-state index contributed by atoms with van der Waals surface area (Å²) in [5, 5.41) is 17.2. The lowest BCUT2D eigenvalue weighted by Gasteiger charge is -2.27. The molecule has 0 saturated carbocycles. The van der Waals surface area contributed by atoms with Crippen molar-refractivity contribution in [1.29, 1.82) is 5.26 Å². The Morgan fingerprint density at radius 1 is 0.646 bits per heavy atom. The van der Waals surface area contributed by atoms with E-state index in [0.29, 0.717) is 34.2 Å². The lowest BCUT2D eigenvalue weighted by molar-refractivity contribution is -0.152. The molecule has 0 radical (unpaired) electrons. The maximum atomic E-state index is 13.5. The van der Waals surface area contributed by atoms with E-state index in [0.717, 1.165) is 0 Å². The molecular weight excluding hydrogens is 610 g/mol. The molecule has 11 nitrogen and oxygen atoms in total. The number of nitrogens with one attached hydrogen (secondary N) is 2. The molecule has 2 aromatic carbocycles. The summed E-state index contributed by atoms with van der Waals surface area (Å²) in [4.78, 5) is 47.4. The first kappa shape index (κ1) is 39.5. The van der Waals surface area contributed by atoms with Gasteiger partial charge in [0.1, 0.15) is 11.7 Å². The van der Waals surface area contributed by atoms with E-state index in [-0.39, 0.29) is 45.5 Å². The van der Waals surface area contributed by atoms with Crippen LogP contribution in [0.3, 0.4) is 0 Å². The zero-order chi connectivity index (χ0) is 36.0. The molecule has 2 N–H and O–H groups in total. The van der Waals surface area contributed by atoms with Crippen LogP contribution in [0.2, 0.25) is 0 Å². The van der Waals surface area contributed by atoms with Gasteiger partial charge in [0.15, 0.2) is 5.41 Å². The number of anilines is 2. The Kier molecular flexibility index (Phi) is 14.8. The van der Waals surface area contributed by atoms with E-state index < -0.39 is 34.4 Å². The van der Waals surface area contributed by atoms with E-state index in [2.05, 4.69) is 16.7 Å². The highest BCUT2D eigenvalue weighted by Gasteiger charge is 2.40. The van der Waals surface area contributed by atoms with Gasteiger partial charge in [0, 0.05) is 24.2 Å². The van der Waals surface area contributed by atoms with E-state index in [1.54, 1.807) is 69.3 Å². The van der Waals surface area contributed by atoms with Gasteiger partial charge in [-0.05, 0) is 124 Å². The van der Waals surface area contributed by atoms with Crippen LogP contribution in [0, 0.1) is 16.7 Å². The summed E-state index contributed by atoms with van der Waals surface area (Å²) in [6.45, 7) is 17.7. The van der Waals surface area contributed by atoms with Crippen LogP contribution in [0.25, 0.3) is 0 Å². The number of benzene rings is 2. The minimum Gasteiger partial charge on any atom is -0.465 e. The highest BCUT2D eigenvalue weighted by atomic mass is 16.5. The third-order valence-electron chi connectivity index (χ3n) is 6.77. The van der Waals surface area contributed by atoms with Crippen molar-refractivity contribution in [3.8, 4) is 6.07 Å². The third-order valence-corrected chi connectivity index (χ3v) is 6.77.